The molecular weight excluding hydrogens is 478 g/mol. The number of hydrogen-bond acceptors (Lipinski definition) is 9. The lowest BCUT2D eigenvalue weighted by Gasteiger charge is -2.50. The highest BCUT2D eigenvalue weighted by atomic mass is 16.3. The number of aliphatic hydroxyl groups is 3. The second-order valence-corrected chi connectivity index (χ2v) is 11.8. The molecule has 0 aromatic carbocycles. The van der Waals surface area contributed by atoms with E-state index in [0.29, 0.717) is 17.7 Å². The summed E-state index contributed by atoms with van der Waals surface area (Å²) >= 11 is 0. The van der Waals surface area contributed by atoms with Gasteiger partial charge in [0.05, 0.1) is 17.3 Å². The summed E-state index contributed by atoms with van der Waals surface area (Å²) in [4.78, 5) is 44.9. The molecule has 0 saturated heterocycles. The van der Waals surface area contributed by atoms with Gasteiger partial charge >= 0.3 is 0 Å². The van der Waals surface area contributed by atoms with Gasteiger partial charge in [-0.3, -0.25) is 24.3 Å². The van der Waals surface area contributed by atoms with Crippen LogP contribution in [0.4, 0.5) is 0 Å². The maximum atomic E-state index is 13.8. The number of rotatable bonds is 5. The zero-order chi connectivity index (χ0) is 27.6. The van der Waals surface area contributed by atoms with Crippen LogP contribution in [-0.4, -0.2) is 73.5 Å². The molecule has 4 atom stereocenters. The molecule has 1 fully saturated rings. The van der Waals surface area contributed by atoms with Crippen LogP contribution in [0.2, 0.25) is 0 Å². The smallest absolute Gasteiger partial charge is 0.255 e. The fourth-order valence-electron chi connectivity index (χ4n) is 6.12. The normalized spacial score (nSPS) is 27.8. The summed E-state index contributed by atoms with van der Waals surface area (Å²) in [6.45, 7) is 6.34. The number of amides is 1. The number of likely N-dealkylation sites (N-methyl/N-ethyl adjacent to an activating group) is 1. The standard InChI is InChI=1S/C27H35N3O7/c1-26(2,3)8-6-7-15-20(31)16-13(11-29-15)9-12-10-14-19(30(4)5)22(33)18(25(28)36)24(35)27(14,37)23(34)17(12)21(16)32/h11-12,14,19,31-32,35,37H,6-10H2,1-5H3,(H2,28,36)/t12-,14-,19-,27-/m0/s1. The monoisotopic (exact) mass is 513 g/mol. The lowest BCUT2D eigenvalue weighted by molar-refractivity contribution is -0.153. The minimum absolute atomic E-state index is 0.0554. The average molecular weight is 514 g/mol. The van der Waals surface area contributed by atoms with E-state index in [-0.39, 0.29) is 35.1 Å². The van der Waals surface area contributed by atoms with E-state index in [4.69, 9.17) is 5.73 Å². The number of aryl methyl sites for hydroxylation is 1. The molecule has 10 heteroatoms. The number of aromatic nitrogens is 1. The molecule has 0 unspecified atom stereocenters. The summed E-state index contributed by atoms with van der Waals surface area (Å²) in [6.07, 6.45) is 4.00. The van der Waals surface area contributed by atoms with Crippen LogP contribution in [0.15, 0.2) is 23.1 Å². The maximum Gasteiger partial charge on any atom is 0.255 e. The first kappa shape index (κ1) is 26.8. The molecule has 0 spiro atoms. The van der Waals surface area contributed by atoms with Gasteiger partial charge in [0.1, 0.15) is 22.8 Å². The fraction of sp³-hybridized carbons (Fsp3) is 0.556. The van der Waals surface area contributed by atoms with Crippen LogP contribution >= 0.6 is 0 Å². The van der Waals surface area contributed by atoms with Gasteiger partial charge in [-0.15, -0.1) is 0 Å². The Morgan fingerprint density at radius 1 is 1.22 bits per heavy atom. The molecule has 6 N–H and O–H groups in total. The van der Waals surface area contributed by atoms with Crippen molar-refractivity contribution < 1.29 is 34.8 Å². The largest absolute Gasteiger partial charge is 0.508 e. The Labute approximate surface area is 215 Å². The molecule has 200 valence electrons. The van der Waals surface area contributed by atoms with Crippen molar-refractivity contribution in [2.45, 2.75) is 64.5 Å². The van der Waals surface area contributed by atoms with E-state index in [2.05, 4.69) is 25.8 Å². The second-order valence-electron chi connectivity index (χ2n) is 11.8. The van der Waals surface area contributed by atoms with Crippen molar-refractivity contribution in [3.05, 3.63) is 39.9 Å². The Hall–Kier alpha value is -3.24. The zero-order valence-corrected chi connectivity index (χ0v) is 21.8. The number of Topliss-reactive ketones (excluding diaryl/α,β-unsaturated/α-hetero) is 2. The molecule has 3 aliphatic rings. The topological polar surface area (TPSA) is 174 Å². The average Bonchev–Trinajstić information content (AvgIpc) is 2.76. The minimum atomic E-state index is -2.64. The molecule has 1 aromatic heterocycles. The summed E-state index contributed by atoms with van der Waals surface area (Å²) in [5, 5.41) is 44.8. The van der Waals surface area contributed by atoms with Gasteiger partial charge in [-0.25, -0.2) is 0 Å². The van der Waals surface area contributed by atoms with Gasteiger partial charge in [-0.1, -0.05) is 20.8 Å². The zero-order valence-electron chi connectivity index (χ0n) is 21.8. The van der Waals surface area contributed by atoms with E-state index in [0.717, 1.165) is 12.8 Å². The van der Waals surface area contributed by atoms with Crippen molar-refractivity contribution in [1.29, 1.82) is 0 Å². The first-order valence-electron chi connectivity index (χ1n) is 12.5. The summed E-state index contributed by atoms with van der Waals surface area (Å²) in [7, 11) is 3.13. The molecule has 1 amide bonds. The number of ketones is 2. The number of aromatic hydroxyl groups is 1. The number of hydrogen-bond donors (Lipinski definition) is 5. The summed E-state index contributed by atoms with van der Waals surface area (Å²) in [6, 6.07) is -1.10. The molecule has 37 heavy (non-hydrogen) atoms. The number of carbonyl (C=O) groups excluding carboxylic acids is 3. The number of nitrogens with zero attached hydrogens (tertiary/aromatic N) is 2. The third-order valence-corrected chi connectivity index (χ3v) is 7.88. The Morgan fingerprint density at radius 3 is 2.43 bits per heavy atom. The molecular formula is C27H35N3O7. The molecule has 1 saturated carbocycles. The van der Waals surface area contributed by atoms with Gasteiger partial charge in [0.15, 0.2) is 11.4 Å². The van der Waals surface area contributed by atoms with Crippen molar-refractivity contribution in [2.75, 3.05) is 14.1 Å². The highest BCUT2D eigenvalue weighted by Gasteiger charge is 2.64. The van der Waals surface area contributed by atoms with Crippen LogP contribution in [0.3, 0.4) is 0 Å². The summed E-state index contributed by atoms with van der Waals surface area (Å²) in [5.41, 5.74) is 2.84. The van der Waals surface area contributed by atoms with Gasteiger partial charge in [0.2, 0.25) is 5.78 Å². The van der Waals surface area contributed by atoms with E-state index in [1.54, 1.807) is 20.3 Å². The number of carbonyl (C=O) groups is 3. The van der Waals surface area contributed by atoms with E-state index in [9.17, 15) is 34.8 Å². The Balaban J connectivity index is 1.83. The first-order chi connectivity index (χ1) is 17.1. The summed E-state index contributed by atoms with van der Waals surface area (Å²) in [5.74, 6) is -6.55. The second kappa shape index (κ2) is 8.95. The molecule has 0 aliphatic heterocycles. The van der Waals surface area contributed by atoms with E-state index in [1.807, 2.05) is 0 Å². The van der Waals surface area contributed by atoms with Crippen molar-refractivity contribution in [2.24, 2.45) is 23.0 Å². The predicted molar refractivity (Wildman–Crippen MR) is 134 cm³/mol. The molecule has 1 aromatic rings. The van der Waals surface area contributed by atoms with Gasteiger partial charge in [-0.05, 0) is 63.1 Å². The number of fused-ring (bicyclic) bond motifs is 3. The molecule has 0 bridgehead atoms. The molecule has 4 rings (SSSR count). The lowest BCUT2D eigenvalue weighted by Crippen LogP contribution is -2.65. The minimum Gasteiger partial charge on any atom is -0.508 e. The Morgan fingerprint density at radius 2 is 1.86 bits per heavy atom. The van der Waals surface area contributed by atoms with E-state index in [1.165, 1.54) is 4.90 Å². The van der Waals surface area contributed by atoms with E-state index >= 15 is 0 Å². The van der Waals surface area contributed by atoms with Gasteiger partial charge < -0.3 is 26.2 Å². The van der Waals surface area contributed by atoms with Crippen LogP contribution in [0.25, 0.3) is 5.76 Å². The maximum absolute atomic E-state index is 13.8. The van der Waals surface area contributed by atoms with Crippen molar-refractivity contribution >= 4 is 23.2 Å². The van der Waals surface area contributed by atoms with Gasteiger partial charge in [-0.2, -0.15) is 0 Å². The summed E-state index contributed by atoms with van der Waals surface area (Å²) < 4.78 is 0. The van der Waals surface area contributed by atoms with Crippen molar-refractivity contribution in [3.8, 4) is 5.75 Å². The SMILES string of the molecule is CN(C)[C@@H]1C(=O)C(C(N)=O)=C(O)[C@@]2(O)C(=O)C3=C(O)c4c(cnc(CCCC(C)(C)C)c4O)C[C@H]3C[C@@H]12. The number of nitrogens with two attached hydrogens (primary N) is 1. The third-order valence-electron chi connectivity index (χ3n) is 7.88. The van der Waals surface area contributed by atoms with Crippen LogP contribution in [-0.2, 0) is 27.2 Å². The molecule has 3 aliphatic carbocycles. The van der Waals surface area contributed by atoms with Gasteiger partial charge in [0.25, 0.3) is 5.91 Å². The Kier molecular flexibility index (Phi) is 6.49. The molecule has 1 heterocycles. The number of primary amides is 1. The van der Waals surface area contributed by atoms with Crippen LogP contribution in [0.1, 0.15) is 56.9 Å². The molecule has 10 nitrogen and oxygen atoms in total. The predicted octanol–water partition coefficient (Wildman–Crippen LogP) is 1.73. The van der Waals surface area contributed by atoms with Crippen LogP contribution < -0.4 is 5.73 Å². The van der Waals surface area contributed by atoms with Crippen molar-refractivity contribution in [1.82, 2.24) is 9.88 Å². The van der Waals surface area contributed by atoms with E-state index < -0.39 is 58.0 Å². The molecule has 0 radical (unpaired) electrons. The first-order valence-corrected chi connectivity index (χ1v) is 12.5. The van der Waals surface area contributed by atoms with Crippen molar-refractivity contribution in [3.63, 3.8) is 0 Å². The van der Waals surface area contributed by atoms with Crippen LogP contribution in [0.5, 0.6) is 5.75 Å². The highest BCUT2D eigenvalue weighted by molar-refractivity contribution is 6.24. The highest BCUT2D eigenvalue weighted by Crippen LogP contribution is 2.52. The number of aliphatic hydroxyl groups excluding tert-OH is 2. The third kappa shape index (κ3) is 4.12. The van der Waals surface area contributed by atoms with Gasteiger partial charge in [0, 0.05) is 17.7 Å². The Bertz CT molecular complexity index is 1260. The number of pyridine rings is 1. The lowest BCUT2D eigenvalue weighted by atomic mass is 9.57. The van der Waals surface area contributed by atoms with Crippen LogP contribution in [0, 0.1) is 17.3 Å². The fourth-order valence-corrected chi connectivity index (χ4v) is 6.12. The quantitative estimate of drug-likeness (QED) is 0.367.